The van der Waals surface area contributed by atoms with Crippen LogP contribution in [0.2, 0.25) is 0 Å². The summed E-state index contributed by atoms with van der Waals surface area (Å²) in [5.41, 5.74) is 0.826. The first kappa shape index (κ1) is 15.2. The molecule has 0 fully saturated rings. The lowest BCUT2D eigenvalue weighted by molar-refractivity contribution is -0.140. The molecule has 0 radical (unpaired) electrons. The largest absolute Gasteiger partial charge is 0.480 e. The summed E-state index contributed by atoms with van der Waals surface area (Å²) in [5, 5.41) is 22.3. The van der Waals surface area contributed by atoms with Crippen LogP contribution in [0.1, 0.15) is 12.6 Å². The number of carbonyl (C=O) groups is 2. The van der Waals surface area contributed by atoms with E-state index in [2.05, 4.69) is 15.5 Å². The van der Waals surface area contributed by atoms with Crippen LogP contribution in [-0.2, 0) is 9.59 Å². The molecule has 21 heavy (non-hydrogen) atoms. The second-order valence-electron chi connectivity index (χ2n) is 4.54. The maximum atomic E-state index is 11.1. The van der Waals surface area contributed by atoms with E-state index in [4.69, 9.17) is 5.11 Å². The third-order valence-corrected chi connectivity index (χ3v) is 3.98. The van der Waals surface area contributed by atoms with Crippen LogP contribution in [-0.4, -0.2) is 39.0 Å². The fourth-order valence-electron chi connectivity index (χ4n) is 1.90. The third kappa shape index (κ3) is 3.69. The number of carbonyl (C=O) groups excluding carboxylic acids is 1. The lowest BCUT2D eigenvalue weighted by atomic mass is 10.1. The number of aryl methyl sites for hydroxylation is 1. The molecule has 1 heterocycles. The molecule has 1 atom stereocenters. The first-order valence-corrected chi connectivity index (χ1v) is 7.32. The van der Waals surface area contributed by atoms with Gasteiger partial charge in [-0.05, 0) is 6.92 Å². The zero-order valence-electron chi connectivity index (χ0n) is 11.7. The molecule has 0 saturated heterocycles. The van der Waals surface area contributed by atoms with Gasteiger partial charge in [-0.2, -0.15) is 5.10 Å². The van der Waals surface area contributed by atoms with E-state index in [9.17, 15) is 9.59 Å². The number of aliphatic carboxylic acids is 1. The number of benzene rings is 1. The van der Waals surface area contributed by atoms with Crippen molar-refractivity contribution in [1.82, 2.24) is 15.5 Å². The van der Waals surface area contributed by atoms with E-state index < -0.39 is 12.0 Å². The molecule has 0 saturated carbocycles. The second kappa shape index (κ2) is 6.53. The number of rotatable bonds is 5. The molecule has 0 spiro atoms. The Morgan fingerprint density at radius 3 is 2.57 bits per heavy atom. The number of carboxylic acid groups (broad SMARTS) is 1. The molecular weight excluding hydrogens is 290 g/mol. The van der Waals surface area contributed by atoms with Crippen LogP contribution in [0.3, 0.4) is 0 Å². The van der Waals surface area contributed by atoms with Crippen molar-refractivity contribution in [3.05, 3.63) is 30.0 Å². The van der Waals surface area contributed by atoms with Gasteiger partial charge in [0.1, 0.15) is 11.1 Å². The summed E-state index contributed by atoms with van der Waals surface area (Å²) < 4.78 is 0. The van der Waals surface area contributed by atoms with Crippen LogP contribution < -0.4 is 5.32 Å². The highest BCUT2D eigenvalue weighted by molar-refractivity contribution is 7.99. The predicted octanol–water partition coefficient (Wildman–Crippen LogP) is 1.62. The van der Waals surface area contributed by atoms with Crippen LogP contribution in [0.15, 0.2) is 29.3 Å². The van der Waals surface area contributed by atoms with E-state index in [1.165, 1.54) is 18.7 Å². The number of hydrogen-bond donors (Lipinski definition) is 2. The van der Waals surface area contributed by atoms with E-state index in [0.717, 1.165) is 16.5 Å². The van der Waals surface area contributed by atoms with Crippen LogP contribution in [0.25, 0.3) is 10.8 Å². The van der Waals surface area contributed by atoms with Gasteiger partial charge in [0.15, 0.2) is 0 Å². The van der Waals surface area contributed by atoms with Gasteiger partial charge in [0, 0.05) is 23.4 Å². The molecule has 1 amide bonds. The Morgan fingerprint density at radius 2 is 1.95 bits per heavy atom. The van der Waals surface area contributed by atoms with Gasteiger partial charge in [-0.15, -0.1) is 16.9 Å². The van der Waals surface area contributed by atoms with Crippen molar-refractivity contribution in [3.63, 3.8) is 0 Å². The lowest BCUT2D eigenvalue weighted by Crippen LogP contribution is -2.41. The second-order valence-corrected chi connectivity index (χ2v) is 5.55. The highest BCUT2D eigenvalue weighted by atomic mass is 32.2. The molecular formula is C14H15N3O3S. The summed E-state index contributed by atoms with van der Waals surface area (Å²) in [4.78, 5) is 22.1. The fraction of sp³-hybridized carbons (Fsp3) is 0.286. The summed E-state index contributed by atoms with van der Waals surface area (Å²) >= 11 is 1.27. The molecule has 0 aliphatic rings. The summed E-state index contributed by atoms with van der Waals surface area (Å²) in [7, 11) is 0. The highest BCUT2D eigenvalue weighted by Gasteiger charge is 2.19. The number of amides is 1. The van der Waals surface area contributed by atoms with Gasteiger partial charge in [-0.25, -0.2) is 4.79 Å². The minimum absolute atomic E-state index is 0.191. The van der Waals surface area contributed by atoms with E-state index in [0.29, 0.717) is 5.03 Å². The van der Waals surface area contributed by atoms with Crippen molar-refractivity contribution in [2.75, 3.05) is 5.75 Å². The van der Waals surface area contributed by atoms with Gasteiger partial charge in [0.25, 0.3) is 0 Å². The Balaban J connectivity index is 2.22. The van der Waals surface area contributed by atoms with Crippen molar-refractivity contribution in [1.29, 1.82) is 0 Å². The van der Waals surface area contributed by atoms with Crippen molar-refractivity contribution in [2.24, 2.45) is 0 Å². The maximum Gasteiger partial charge on any atom is 0.327 e. The Morgan fingerprint density at radius 1 is 1.29 bits per heavy atom. The van der Waals surface area contributed by atoms with Crippen LogP contribution in [0.4, 0.5) is 0 Å². The Hall–Kier alpha value is -2.15. The van der Waals surface area contributed by atoms with Crippen LogP contribution in [0, 0.1) is 6.92 Å². The van der Waals surface area contributed by atoms with Gasteiger partial charge in [0.2, 0.25) is 5.91 Å². The zero-order valence-corrected chi connectivity index (χ0v) is 12.5. The summed E-state index contributed by atoms with van der Waals surface area (Å²) in [6.07, 6.45) is 0. The van der Waals surface area contributed by atoms with Gasteiger partial charge >= 0.3 is 5.97 Å². The minimum atomic E-state index is -1.07. The summed E-state index contributed by atoms with van der Waals surface area (Å²) in [5.74, 6) is -1.25. The predicted molar refractivity (Wildman–Crippen MR) is 80.2 cm³/mol. The van der Waals surface area contributed by atoms with Gasteiger partial charge in [0.05, 0.1) is 5.69 Å². The lowest BCUT2D eigenvalue weighted by Gasteiger charge is -2.13. The molecule has 0 bridgehead atoms. The molecule has 0 aliphatic heterocycles. The number of nitrogens with zero attached hydrogens (tertiary/aromatic N) is 2. The minimum Gasteiger partial charge on any atom is -0.480 e. The molecule has 0 unspecified atom stereocenters. The van der Waals surface area contributed by atoms with Crippen LogP contribution >= 0.6 is 11.8 Å². The fourth-order valence-corrected chi connectivity index (χ4v) is 2.88. The van der Waals surface area contributed by atoms with Crippen LogP contribution in [0.5, 0.6) is 0 Å². The third-order valence-electron chi connectivity index (χ3n) is 2.90. The smallest absolute Gasteiger partial charge is 0.327 e. The molecule has 110 valence electrons. The van der Waals surface area contributed by atoms with Crippen molar-refractivity contribution < 1.29 is 14.7 Å². The average molecular weight is 305 g/mol. The van der Waals surface area contributed by atoms with E-state index in [1.807, 2.05) is 31.2 Å². The SMILES string of the molecule is CC(=O)N[C@@H](CSc1nnc(C)c2ccccc12)C(=O)O. The Labute approximate surface area is 126 Å². The van der Waals surface area contributed by atoms with Gasteiger partial charge in [-0.3, -0.25) is 4.79 Å². The number of thioether (sulfide) groups is 1. The number of carboxylic acids is 1. The highest BCUT2D eigenvalue weighted by Crippen LogP contribution is 2.26. The summed E-state index contributed by atoms with van der Waals surface area (Å²) in [6, 6.07) is 6.74. The van der Waals surface area contributed by atoms with Crippen molar-refractivity contribution in [3.8, 4) is 0 Å². The Kier molecular flexibility index (Phi) is 4.74. The first-order chi connectivity index (χ1) is 9.99. The first-order valence-electron chi connectivity index (χ1n) is 6.33. The van der Waals surface area contributed by atoms with Crippen molar-refractivity contribution >= 4 is 34.4 Å². The standard InChI is InChI=1S/C14H15N3O3S/c1-8-10-5-3-4-6-11(10)13(17-16-8)21-7-12(14(19)20)15-9(2)18/h3-6,12H,7H2,1-2H3,(H,15,18)(H,19,20)/t12-/m0/s1. The average Bonchev–Trinajstić information content (AvgIpc) is 2.45. The molecule has 1 aromatic heterocycles. The monoisotopic (exact) mass is 305 g/mol. The number of hydrogen-bond acceptors (Lipinski definition) is 5. The van der Waals surface area contributed by atoms with E-state index >= 15 is 0 Å². The quantitative estimate of drug-likeness (QED) is 0.816. The van der Waals surface area contributed by atoms with Crippen molar-refractivity contribution in [2.45, 2.75) is 24.9 Å². The molecule has 2 N–H and O–H groups in total. The molecule has 7 heteroatoms. The normalized spacial score (nSPS) is 12.1. The zero-order chi connectivity index (χ0) is 15.4. The summed E-state index contributed by atoms with van der Waals surface area (Å²) in [6.45, 7) is 3.17. The van der Waals surface area contributed by atoms with E-state index in [-0.39, 0.29) is 11.7 Å². The van der Waals surface area contributed by atoms with Gasteiger partial charge < -0.3 is 10.4 Å². The molecule has 2 rings (SSSR count). The molecule has 0 aliphatic carbocycles. The maximum absolute atomic E-state index is 11.1. The molecule has 2 aromatic rings. The Bertz CT molecular complexity index is 690. The van der Waals surface area contributed by atoms with E-state index in [1.54, 1.807) is 0 Å². The molecule has 6 nitrogen and oxygen atoms in total. The topological polar surface area (TPSA) is 92.2 Å². The number of aromatic nitrogens is 2. The number of nitrogens with one attached hydrogen (secondary N) is 1. The number of fused-ring (bicyclic) bond motifs is 1. The molecule has 1 aromatic carbocycles. The van der Waals surface area contributed by atoms with Gasteiger partial charge in [-0.1, -0.05) is 24.3 Å².